The molecular formula is C24H31N3O. The van der Waals surface area contributed by atoms with Gasteiger partial charge in [0.25, 0.3) is 0 Å². The van der Waals surface area contributed by atoms with E-state index in [1.807, 2.05) is 24.5 Å². The Balaban J connectivity index is 1.35. The highest BCUT2D eigenvalue weighted by atomic mass is 16.2. The van der Waals surface area contributed by atoms with E-state index < -0.39 is 0 Å². The molecule has 0 spiro atoms. The van der Waals surface area contributed by atoms with Gasteiger partial charge in [-0.05, 0) is 61.9 Å². The third-order valence-corrected chi connectivity index (χ3v) is 6.37. The van der Waals surface area contributed by atoms with E-state index in [0.717, 1.165) is 58.4 Å². The lowest BCUT2D eigenvalue weighted by Gasteiger charge is -2.36. The summed E-state index contributed by atoms with van der Waals surface area (Å²) >= 11 is 0. The number of carbonyl (C=O) groups is 1. The smallest absolute Gasteiger partial charge is 0.226 e. The highest BCUT2D eigenvalue weighted by molar-refractivity contribution is 5.79. The SMILES string of the molecule is O=C1C(C2CCN(Cc3cccnc3)CC2)CCCCN1Cc1ccccc1. The maximum Gasteiger partial charge on any atom is 0.226 e. The number of amides is 1. The van der Waals surface area contributed by atoms with E-state index in [4.69, 9.17) is 0 Å². The second-order valence-corrected chi connectivity index (χ2v) is 8.32. The molecule has 4 rings (SSSR count). The molecule has 2 fully saturated rings. The lowest BCUT2D eigenvalue weighted by Crippen LogP contribution is -2.42. The number of nitrogens with zero attached hydrogens (tertiary/aromatic N) is 3. The van der Waals surface area contributed by atoms with Crippen LogP contribution >= 0.6 is 0 Å². The van der Waals surface area contributed by atoms with Gasteiger partial charge in [-0.1, -0.05) is 42.8 Å². The maximum atomic E-state index is 13.3. The lowest BCUT2D eigenvalue weighted by atomic mass is 9.81. The number of carbonyl (C=O) groups excluding carboxylic acids is 1. The first-order valence-corrected chi connectivity index (χ1v) is 10.7. The van der Waals surface area contributed by atoms with Crippen LogP contribution in [-0.4, -0.2) is 40.3 Å². The normalized spacial score (nSPS) is 22.2. The Kier molecular flexibility index (Phi) is 6.38. The van der Waals surface area contributed by atoms with Gasteiger partial charge >= 0.3 is 0 Å². The average molecular weight is 378 g/mol. The van der Waals surface area contributed by atoms with Gasteiger partial charge in [0.05, 0.1) is 0 Å². The predicted octanol–water partition coefficient (Wildman–Crippen LogP) is 4.12. The van der Waals surface area contributed by atoms with E-state index in [9.17, 15) is 4.79 Å². The summed E-state index contributed by atoms with van der Waals surface area (Å²) in [7, 11) is 0. The highest BCUT2D eigenvalue weighted by Gasteiger charge is 2.35. The number of aromatic nitrogens is 1. The van der Waals surface area contributed by atoms with E-state index in [1.165, 1.54) is 17.5 Å². The van der Waals surface area contributed by atoms with Crippen LogP contribution < -0.4 is 0 Å². The van der Waals surface area contributed by atoms with Crippen LogP contribution in [0, 0.1) is 11.8 Å². The fourth-order valence-electron chi connectivity index (χ4n) is 4.80. The molecule has 28 heavy (non-hydrogen) atoms. The number of pyridine rings is 1. The molecule has 1 atom stereocenters. The van der Waals surface area contributed by atoms with Crippen LogP contribution in [0.25, 0.3) is 0 Å². The van der Waals surface area contributed by atoms with E-state index in [2.05, 4.69) is 45.1 Å². The van der Waals surface area contributed by atoms with Gasteiger partial charge in [0.2, 0.25) is 5.91 Å². The van der Waals surface area contributed by atoms with Crippen molar-refractivity contribution in [3.8, 4) is 0 Å². The maximum absolute atomic E-state index is 13.3. The van der Waals surface area contributed by atoms with Crippen molar-refractivity contribution in [1.82, 2.24) is 14.8 Å². The molecule has 2 aromatic rings. The summed E-state index contributed by atoms with van der Waals surface area (Å²) in [6.45, 7) is 4.81. The zero-order valence-corrected chi connectivity index (χ0v) is 16.7. The van der Waals surface area contributed by atoms with Crippen LogP contribution in [-0.2, 0) is 17.9 Å². The third kappa shape index (κ3) is 4.79. The topological polar surface area (TPSA) is 36.4 Å². The minimum Gasteiger partial charge on any atom is -0.338 e. The van der Waals surface area contributed by atoms with Gasteiger partial charge in [-0.3, -0.25) is 14.7 Å². The first-order chi connectivity index (χ1) is 13.8. The van der Waals surface area contributed by atoms with Crippen LogP contribution in [0.15, 0.2) is 54.9 Å². The third-order valence-electron chi connectivity index (χ3n) is 6.37. The Morgan fingerprint density at radius 1 is 0.857 bits per heavy atom. The number of hydrogen-bond donors (Lipinski definition) is 0. The standard InChI is InChI=1S/C24H31N3O/c28-24-23(10-4-5-14-27(24)19-20-7-2-1-3-8-20)22-11-15-26(16-12-22)18-21-9-6-13-25-17-21/h1-3,6-9,13,17,22-23H,4-5,10-12,14-16,18-19H2. The van der Waals surface area contributed by atoms with Crippen molar-refractivity contribution in [1.29, 1.82) is 0 Å². The molecule has 0 aliphatic carbocycles. The van der Waals surface area contributed by atoms with Crippen molar-refractivity contribution in [2.45, 2.75) is 45.2 Å². The van der Waals surface area contributed by atoms with Gasteiger partial charge in [-0.25, -0.2) is 0 Å². The molecule has 4 nitrogen and oxygen atoms in total. The van der Waals surface area contributed by atoms with Crippen molar-refractivity contribution in [3.63, 3.8) is 0 Å². The number of hydrogen-bond acceptors (Lipinski definition) is 3. The summed E-state index contributed by atoms with van der Waals surface area (Å²) in [6, 6.07) is 14.6. The zero-order chi connectivity index (χ0) is 19.2. The Bertz CT molecular complexity index is 741. The Labute approximate surface area is 168 Å². The number of likely N-dealkylation sites (tertiary alicyclic amines) is 2. The van der Waals surface area contributed by atoms with Crippen molar-refractivity contribution in [2.75, 3.05) is 19.6 Å². The molecule has 4 heteroatoms. The molecule has 1 unspecified atom stereocenters. The zero-order valence-electron chi connectivity index (χ0n) is 16.7. The van der Waals surface area contributed by atoms with Crippen molar-refractivity contribution in [3.05, 3.63) is 66.0 Å². The largest absolute Gasteiger partial charge is 0.338 e. The van der Waals surface area contributed by atoms with Crippen molar-refractivity contribution >= 4 is 5.91 Å². The summed E-state index contributed by atoms with van der Waals surface area (Å²) in [5, 5.41) is 0. The number of rotatable bonds is 5. The quantitative estimate of drug-likeness (QED) is 0.786. The van der Waals surface area contributed by atoms with E-state index in [-0.39, 0.29) is 5.92 Å². The number of benzene rings is 1. The van der Waals surface area contributed by atoms with Gasteiger partial charge in [-0.15, -0.1) is 0 Å². The molecule has 2 saturated heterocycles. The molecule has 0 radical (unpaired) electrons. The van der Waals surface area contributed by atoms with Gasteiger partial charge in [0, 0.05) is 37.9 Å². The summed E-state index contributed by atoms with van der Waals surface area (Å²) in [4.78, 5) is 22.2. The summed E-state index contributed by atoms with van der Waals surface area (Å²) in [5.41, 5.74) is 2.52. The van der Waals surface area contributed by atoms with Crippen molar-refractivity contribution < 1.29 is 4.79 Å². The molecule has 1 aromatic heterocycles. The van der Waals surface area contributed by atoms with Gasteiger partial charge < -0.3 is 4.90 Å². The molecule has 148 valence electrons. The van der Waals surface area contributed by atoms with Gasteiger partial charge in [0.1, 0.15) is 0 Å². The van der Waals surface area contributed by atoms with Crippen molar-refractivity contribution in [2.24, 2.45) is 11.8 Å². The monoisotopic (exact) mass is 377 g/mol. The molecule has 1 amide bonds. The Morgan fingerprint density at radius 3 is 2.39 bits per heavy atom. The van der Waals surface area contributed by atoms with E-state index >= 15 is 0 Å². The minimum absolute atomic E-state index is 0.215. The molecule has 2 aliphatic rings. The first kappa shape index (κ1) is 19.1. The second-order valence-electron chi connectivity index (χ2n) is 8.32. The molecule has 3 heterocycles. The van der Waals surface area contributed by atoms with Crippen LogP contribution in [0.3, 0.4) is 0 Å². The molecule has 1 aromatic carbocycles. The summed E-state index contributed by atoms with van der Waals surface area (Å²) < 4.78 is 0. The van der Waals surface area contributed by atoms with Crippen LogP contribution in [0.4, 0.5) is 0 Å². The van der Waals surface area contributed by atoms with E-state index in [0.29, 0.717) is 11.8 Å². The lowest BCUT2D eigenvalue weighted by molar-refractivity contribution is -0.138. The highest BCUT2D eigenvalue weighted by Crippen LogP contribution is 2.33. The average Bonchev–Trinajstić information content (AvgIpc) is 2.92. The predicted molar refractivity (Wildman–Crippen MR) is 111 cm³/mol. The second kappa shape index (κ2) is 9.33. The fourth-order valence-corrected chi connectivity index (χ4v) is 4.80. The Hall–Kier alpha value is -2.20. The minimum atomic E-state index is 0.215. The Morgan fingerprint density at radius 2 is 1.64 bits per heavy atom. The van der Waals surface area contributed by atoms with Crippen LogP contribution in [0.5, 0.6) is 0 Å². The first-order valence-electron chi connectivity index (χ1n) is 10.7. The van der Waals surface area contributed by atoms with Gasteiger partial charge in [-0.2, -0.15) is 0 Å². The summed E-state index contributed by atoms with van der Waals surface area (Å²) in [6.07, 6.45) is 9.44. The molecule has 0 bridgehead atoms. The van der Waals surface area contributed by atoms with Crippen LogP contribution in [0.1, 0.15) is 43.2 Å². The van der Waals surface area contributed by atoms with E-state index in [1.54, 1.807) is 0 Å². The molecule has 0 N–H and O–H groups in total. The molecule has 2 aliphatic heterocycles. The van der Waals surface area contributed by atoms with Crippen LogP contribution in [0.2, 0.25) is 0 Å². The fraction of sp³-hybridized carbons (Fsp3) is 0.500. The summed E-state index contributed by atoms with van der Waals surface area (Å²) in [5.74, 6) is 1.15. The molecular weight excluding hydrogens is 346 g/mol. The number of piperidine rings is 1. The molecule has 0 saturated carbocycles. The van der Waals surface area contributed by atoms with Gasteiger partial charge in [0.15, 0.2) is 0 Å².